The van der Waals surface area contributed by atoms with Crippen LogP contribution in [0.15, 0.2) is 83.9 Å². The van der Waals surface area contributed by atoms with Crippen molar-refractivity contribution in [2.24, 2.45) is 4.99 Å². The molecule has 3 aliphatic rings. The number of aryl methyl sites for hydroxylation is 1. The number of hydrogen-bond donors (Lipinski definition) is 2. The summed E-state index contributed by atoms with van der Waals surface area (Å²) in [6.45, 7) is 2.05. The van der Waals surface area contributed by atoms with Crippen LogP contribution >= 0.6 is 0 Å². The SMILES string of the molecule is CN1C(=O)c2c(n[nH]c2Nc2ccccc2)N2C1=NC1CCCC12.Cc1ccc(-c2ccc(F)cc2)cc1. The summed E-state index contributed by atoms with van der Waals surface area (Å²) in [7, 11) is 1.79. The number of fused-ring (bicyclic) bond motifs is 5. The van der Waals surface area contributed by atoms with Gasteiger partial charge in [0.05, 0.1) is 12.1 Å². The second-order valence-electron chi connectivity index (χ2n) is 9.89. The smallest absolute Gasteiger partial charge is 0.267 e. The average Bonchev–Trinajstić information content (AvgIpc) is 3.65. The number of halogens is 1. The van der Waals surface area contributed by atoms with Crippen molar-refractivity contribution in [2.75, 3.05) is 17.3 Å². The Morgan fingerprint density at radius 1 is 0.947 bits per heavy atom. The Morgan fingerprint density at radius 2 is 1.63 bits per heavy atom. The monoisotopic (exact) mass is 508 g/mol. The summed E-state index contributed by atoms with van der Waals surface area (Å²) in [6, 6.07) is 25.1. The summed E-state index contributed by atoms with van der Waals surface area (Å²) in [6.07, 6.45) is 3.35. The zero-order valence-corrected chi connectivity index (χ0v) is 21.4. The van der Waals surface area contributed by atoms with E-state index in [0.717, 1.165) is 35.6 Å². The normalized spacial score (nSPS) is 19.2. The van der Waals surface area contributed by atoms with Crippen molar-refractivity contribution in [2.45, 2.75) is 38.3 Å². The van der Waals surface area contributed by atoms with E-state index in [1.165, 1.54) is 24.1 Å². The molecule has 2 aliphatic heterocycles. The number of aromatic amines is 1. The van der Waals surface area contributed by atoms with E-state index in [1.54, 1.807) is 24.1 Å². The van der Waals surface area contributed by atoms with Gasteiger partial charge in [-0.15, -0.1) is 0 Å². The van der Waals surface area contributed by atoms with E-state index >= 15 is 0 Å². The molecule has 0 spiro atoms. The number of para-hydroxylation sites is 1. The lowest BCUT2D eigenvalue weighted by Crippen LogP contribution is -2.51. The molecule has 4 aromatic rings. The fourth-order valence-corrected chi connectivity index (χ4v) is 5.34. The number of nitrogens with zero attached hydrogens (tertiary/aromatic N) is 4. The van der Waals surface area contributed by atoms with Gasteiger partial charge in [0.1, 0.15) is 17.2 Å². The van der Waals surface area contributed by atoms with Gasteiger partial charge in [0.25, 0.3) is 5.91 Å². The number of benzene rings is 3. The first-order valence-electron chi connectivity index (χ1n) is 12.9. The number of H-pyrrole nitrogens is 1. The minimum Gasteiger partial charge on any atom is -0.340 e. The van der Waals surface area contributed by atoms with Crippen LogP contribution in [0.1, 0.15) is 35.2 Å². The van der Waals surface area contributed by atoms with E-state index in [1.807, 2.05) is 42.5 Å². The highest BCUT2D eigenvalue weighted by Crippen LogP contribution is 2.41. The summed E-state index contributed by atoms with van der Waals surface area (Å²) in [5.41, 5.74) is 4.91. The highest BCUT2D eigenvalue weighted by atomic mass is 19.1. The number of aromatic nitrogens is 2. The van der Waals surface area contributed by atoms with Crippen molar-refractivity contribution >= 4 is 29.2 Å². The number of rotatable bonds is 3. The van der Waals surface area contributed by atoms with Crippen LogP contribution in [0.2, 0.25) is 0 Å². The minimum atomic E-state index is -0.194. The molecule has 0 saturated heterocycles. The van der Waals surface area contributed by atoms with Gasteiger partial charge in [-0.2, -0.15) is 5.10 Å². The maximum Gasteiger partial charge on any atom is 0.267 e. The molecule has 192 valence electrons. The van der Waals surface area contributed by atoms with Gasteiger partial charge in [-0.05, 0) is 61.6 Å². The first-order chi connectivity index (χ1) is 18.5. The van der Waals surface area contributed by atoms with E-state index in [4.69, 9.17) is 4.99 Å². The molecule has 8 heteroatoms. The Morgan fingerprint density at radius 3 is 2.34 bits per heavy atom. The Balaban J connectivity index is 0.000000161. The lowest BCUT2D eigenvalue weighted by molar-refractivity contribution is 0.0866. The molecule has 2 unspecified atom stereocenters. The quantitative estimate of drug-likeness (QED) is 0.349. The van der Waals surface area contributed by atoms with Crippen LogP contribution in [-0.4, -0.2) is 46.1 Å². The summed E-state index contributed by atoms with van der Waals surface area (Å²) in [5, 5.41) is 10.7. The number of aliphatic imine (C=N–C) groups is 1. The predicted octanol–water partition coefficient (Wildman–Crippen LogP) is 6.14. The molecular formula is C30H29FN6O. The Bertz CT molecular complexity index is 1440. The third-order valence-electron chi connectivity index (χ3n) is 7.34. The molecule has 1 aliphatic carbocycles. The topological polar surface area (TPSA) is 76.6 Å². The zero-order valence-electron chi connectivity index (χ0n) is 21.4. The van der Waals surface area contributed by atoms with Crippen LogP contribution in [0.5, 0.6) is 0 Å². The van der Waals surface area contributed by atoms with E-state index < -0.39 is 0 Å². The molecule has 1 saturated carbocycles. The molecule has 1 amide bonds. The summed E-state index contributed by atoms with van der Waals surface area (Å²) in [4.78, 5) is 21.4. The number of carbonyl (C=O) groups excluding carboxylic acids is 1. The van der Waals surface area contributed by atoms with Gasteiger partial charge >= 0.3 is 0 Å². The van der Waals surface area contributed by atoms with Crippen molar-refractivity contribution in [3.63, 3.8) is 0 Å². The van der Waals surface area contributed by atoms with Crippen molar-refractivity contribution < 1.29 is 9.18 Å². The maximum atomic E-state index is 12.9. The Kier molecular flexibility index (Phi) is 6.15. The number of hydrogen-bond acceptors (Lipinski definition) is 5. The van der Waals surface area contributed by atoms with E-state index in [-0.39, 0.29) is 17.8 Å². The van der Waals surface area contributed by atoms with Gasteiger partial charge < -0.3 is 5.32 Å². The van der Waals surface area contributed by atoms with Crippen LogP contribution in [0.3, 0.4) is 0 Å². The number of carbonyl (C=O) groups is 1. The molecule has 7 rings (SSSR count). The molecule has 2 atom stereocenters. The first-order valence-corrected chi connectivity index (χ1v) is 12.9. The predicted molar refractivity (Wildman–Crippen MR) is 148 cm³/mol. The van der Waals surface area contributed by atoms with Crippen molar-refractivity contribution in [1.82, 2.24) is 15.1 Å². The molecule has 1 fully saturated rings. The molecule has 0 radical (unpaired) electrons. The second-order valence-corrected chi connectivity index (χ2v) is 9.89. The second kappa shape index (κ2) is 9.78. The third-order valence-corrected chi connectivity index (χ3v) is 7.34. The summed E-state index contributed by atoms with van der Waals surface area (Å²) in [5.74, 6) is 1.80. The molecule has 7 nitrogen and oxygen atoms in total. The number of guanidine groups is 1. The van der Waals surface area contributed by atoms with E-state index in [0.29, 0.717) is 23.2 Å². The van der Waals surface area contributed by atoms with E-state index in [9.17, 15) is 9.18 Å². The highest BCUT2D eigenvalue weighted by Gasteiger charge is 2.48. The number of nitrogens with one attached hydrogen (secondary N) is 2. The maximum absolute atomic E-state index is 12.9. The summed E-state index contributed by atoms with van der Waals surface area (Å²) < 4.78 is 12.7. The summed E-state index contributed by atoms with van der Waals surface area (Å²) >= 11 is 0. The molecule has 38 heavy (non-hydrogen) atoms. The molecule has 3 aromatic carbocycles. The van der Waals surface area contributed by atoms with Crippen LogP contribution in [0, 0.1) is 12.7 Å². The average molecular weight is 509 g/mol. The van der Waals surface area contributed by atoms with Crippen LogP contribution in [0.4, 0.5) is 21.7 Å². The molecular weight excluding hydrogens is 479 g/mol. The van der Waals surface area contributed by atoms with Crippen molar-refractivity contribution in [3.8, 4) is 11.1 Å². The highest BCUT2D eigenvalue weighted by molar-refractivity contribution is 6.21. The third kappa shape index (κ3) is 4.32. The number of amides is 1. The van der Waals surface area contributed by atoms with Gasteiger partial charge in [0.15, 0.2) is 5.82 Å². The van der Waals surface area contributed by atoms with Crippen LogP contribution in [0.25, 0.3) is 11.1 Å². The lowest BCUT2D eigenvalue weighted by atomic mass is 10.0. The fourth-order valence-electron chi connectivity index (χ4n) is 5.34. The van der Waals surface area contributed by atoms with Gasteiger partial charge in [0, 0.05) is 12.7 Å². The van der Waals surface area contributed by atoms with Gasteiger partial charge in [-0.3, -0.25) is 19.7 Å². The van der Waals surface area contributed by atoms with Crippen molar-refractivity contribution in [3.05, 3.63) is 95.8 Å². The van der Waals surface area contributed by atoms with Gasteiger partial charge in [-0.1, -0.05) is 60.2 Å². The number of anilines is 3. The molecule has 0 bridgehead atoms. The molecule has 2 N–H and O–H groups in total. The van der Waals surface area contributed by atoms with E-state index in [2.05, 4.69) is 39.5 Å². The Hall–Kier alpha value is -4.46. The zero-order chi connectivity index (χ0) is 26.2. The van der Waals surface area contributed by atoms with Crippen LogP contribution in [-0.2, 0) is 0 Å². The van der Waals surface area contributed by atoms with Gasteiger partial charge in [0.2, 0.25) is 5.96 Å². The van der Waals surface area contributed by atoms with Crippen LogP contribution < -0.4 is 10.2 Å². The largest absolute Gasteiger partial charge is 0.340 e. The Labute approximate surface area is 221 Å². The molecule has 1 aromatic heterocycles. The lowest BCUT2D eigenvalue weighted by Gasteiger charge is -2.34. The minimum absolute atomic E-state index is 0.0767. The molecule has 3 heterocycles. The van der Waals surface area contributed by atoms with Gasteiger partial charge in [-0.25, -0.2) is 9.38 Å². The standard InChI is InChI=1S/C17H18N6O.C13H11F/c1-22-16(24)13-14(18-10-6-3-2-4-7-10)20-21-15(13)23-12-9-5-8-11(12)19-17(22)23;1-10-2-4-11(5-3-10)12-6-8-13(14)9-7-12/h2-4,6-7,11-12H,5,8-9H2,1H3,(H2,18,20,21);2-9H,1H3. The fraction of sp³-hybridized carbons (Fsp3) is 0.233. The first kappa shape index (κ1) is 23.9. The van der Waals surface area contributed by atoms with Crippen molar-refractivity contribution in [1.29, 1.82) is 0 Å².